The molecule has 0 aliphatic heterocycles. The van der Waals surface area contributed by atoms with Crippen molar-refractivity contribution in [1.82, 2.24) is 15.0 Å². The van der Waals surface area contributed by atoms with Crippen LogP contribution in [-0.4, -0.2) is 32.2 Å². The van der Waals surface area contributed by atoms with Crippen LogP contribution in [0.2, 0.25) is 0 Å². The zero-order valence-electron chi connectivity index (χ0n) is 9.19. The van der Waals surface area contributed by atoms with Crippen molar-refractivity contribution >= 4 is 12.6 Å². The first kappa shape index (κ1) is 10.5. The van der Waals surface area contributed by atoms with Crippen molar-refractivity contribution < 1.29 is 10.0 Å². The monoisotopic (exact) mass is 229 g/mol. The van der Waals surface area contributed by atoms with Crippen molar-refractivity contribution in [3.63, 3.8) is 0 Å². The molecule has 5 nitrogen and oxygen atoms in total. The second kappa shape index (κ2) is 3.98. The lowest BCUT2D eigenvalue weighted by atomic mass is 9.80. The average Bonchev–Trinajstić information content (AvgIpc) is 3.07. The Hall–Kier alpha value is -1.66. The lowest BCUT2D eigenvalue weighted by molar-refractivity contribution is 0.425. The topological polar surface area (TPSA) is 71.2 Å². The van der Waals surface area contributed by atoms with Crippen molar-refractivity contribution in [2.24, 2.45) is 0 Å². The molecule has 0 radical (unpaired) electrons. The van der Waals surface area contributed by atoms with Gasteiger partial charge in [0.25, 0.3) is 0 Å². The van der Waals surface area contributed by atoms with Crippen molar-refractivity contribution in [3.05, 3.63) is 36.2 Å². The van der Waals surface area contributed by atoms with Crippen LogP contribution in [0.4, 0.5) is 0 Å². The first-order valence-corrected chi connectivity index (χ1v) is 5.63. The van der Waals surface area contributed by atoms with Crippen LogP contribution in [0.3, 0.4) is 0 Å². The zero-order chi connectivity index (χ0) is 11.8. The van der Waals surface area contributed by atoms with Crippen LogP contribution in [0.25, 0.3) is 5.69 Å². The standard InChI is InChI=1S/C11H12BN3O2/c16-12(17)9-2-1-3-10(6-9)15-7-11(13-14-15)8-4-5-8/h1-3,6-8,16-17H,4-5H2. The fourth-order valence-corrected chi connectivity index (χ4v) is 1.80. The summed E-state index contributed by atoms with van der Waals surface area (Å²) in [6, 6.07) is 6.97. The van der Waals surface area contributed by atoms with Gasteiger partial charge in [0.05, 0.1) is 17.6 Å². The average molecular weight is 229 g/mol. The molecule has 2 N–H and O–H groups in total. The highest BCUT2D eigenvalue weighted by atomic mass is 16.4. The molecule has 1 aromatic carbocycles. The fraction of sp³-hybridized carbons (Fsp3) is 0.273. The molecule has 3 rings (SSSR count). The summed E-state index contributed by atoms with van der Waals surface area (Å²) in [5.41, 5.74) is 2.25. The van der Waals surface area contributed by atoms with E-state index in [0.29, 0.717) is 11.4 Å². The lowest BCUT2D eigenvalue weighted by Gasteiger charge is -2.03. The maximum atomic E-state index is 9.11. The van der Waals surface area contributed by atoms with Crippen LogP contribution in [-0.2, 0) is 0 Å². The molecular weight excluding hydrogens is 217 g/mol. The molecule has 0 amide bonds. The minimum Gasteiger partial charge on any atom is -0.423 e. The smallest absolute Gasteiger partial charge is 0.423 e. The largest absolute Gasteiger partial charge is 0.488 e. The molecule has 1 saturated carbocycles. The molecule has 0 atom stereocenters. The van der Waals surface area contributed by atoms with Gasteiger partial charge in [-0.25, -0.2) is 4.68 Å². The quantitative estimate of drug-likeness (QED) is 0.716. The summed E-state index contributed by atoms with van der Waals surface area (Å²) in [5, 5.41) is 26.4. The third kappa shape index (κ3) is 2.09. The van der Waals surface area contributed by atoms with Crippen LogP contribution in [0, 0.1) is 0 Å². The normalized spacial score (nSPS) is 14.9. The van der Waals surface area contributed by atoms with Gasteiger partial charge >= 0.3 is 7.12 Å². The van der Waals surface area contributed by atoms with Gasteiger partial charge < -0.3 is 10.0 Å². The first-order chi connectivity index (χ1) is 8.24. The van der Waals surface area contributed by atoms with Gasteiger partial charge in [0.2, 0.25) is 0 Å². The van der Waals surface area contributed by atoms with E-state index < -0.39 is 7.12 Å². The Morgan fingerprint density at radius 1 is 1.29 bits per heavy atom. The zero-order valence-corrected chi connectivity index (χ0v) is 9.19. The fourth-order valence-electron chi connectivity index (χ4n) is 1.80. The summed E-state index contributed by atoms with van der Waals surface area (Å²) in [4.78, 5) is 0. The van der Waals surface area contributed by atoms with E-state index in [-0.39, 0.29) is 0 Å². The Balaban J connectivity index is 1.93. The Morgan fingerprint density at radius 3 is 2.82 bits per heavy atom. The molecule has 0 bridgehead atoms. The summed E-state index contributed by atoms with van der Waals surface area (Å²) >= 11 is 0. The number of hydrogen-bond donors (Lipinski definition) is 2. The minimum absolute atomic E-state index is 0.450. The van der Waals surface area contributed by atoms with Crippen molar-refractivity contribution in [3.8, 4) is 5.69 Å². The van der Waals surface area contributed by atoms with E-state index in [1.807, 2.05) is 12.3 Å². The Labute approximate surface area is 98.9 Å². The second-order valence-corrected chi connectivity index (χ2v) is 4.33. The first-order valence-electron chi connectivity index (χ1n) is 5.63. The van der Waals surface area contributed by atoms with Gasteiger partial charge in [-0.3, -0.25) is 0 Å². The number of benzene rings is 1. The number of rotatable bonds is 3. The molecule has 6 heteroatoms. The van der Waals surface area contributed by atoms with Crippen LogP contribution in [0.5, 0.6) is 0 Å². The summed E-state index contributed by atoms with van der Waals surface area (Å²) in [7, 11) is -1.46. The molecule has 0 saturated heterocycles. The summed E-state index contributed by atoms with van der Waals surface area (Å²) in [5.74, 6) is 0.565. The van der Waals surface area contributed by atoms with E-state index in [4.69, 9.17) is 10.0 Å². The van der Waals surface area contributed by atoms with Gasteiger partial charge in [-0.1, -0.05) is 17.3 Å². The molecule has 1 aliphatic rings. The van der Waals surface area contributed by atoms with E-state index in [2.05, 4.69) is 10.3 Å². The van der Waals surface area contributed by atoms with Crippen molar-refractivity contribution in [1.29, 1.82) is 0 Å². The van der Waals surface area contributed by atoms with Gasteiger partial charge in [-0.05, 0) is 30.4 Å². The van der Waals surface area contributed by atoms with E-state index >= 15 is 0 Å². The molecule has 1 aliphatic carbocycles. The van der Waals surface area contributed by atoms with Gasteiger partial charge in [0.1, 0.15) is 0 Å². The van der Waals surface area contributed by atoms with Crippen molar-refractivity contribution in [2.75, 3.05) is 0 Å². The SMILES string of the molecule is OB(O)c1cccc(-n2cc(C3CC3)nn2)c1. The maximum Gasteiger partial charge on any atom is 0.488 e. The summed E-state index contributed by atoms with van der Waals surface area (Å²) in [6.07, 6.45) is 4.28. The van der Waals surface area contributed by atoms with E-state index in [1.54, 1.807) is 22.9 Å². The molecule has 0 spiro atoms. The summed E-state index contributed by atoms with van der Waals surface area (Å²) < 4.78 is 1.67. The van der Waals surface area contributed by atoms with E-state index in [1.165, 1.54) is 12.8 Å². The van der Waals surface area contributed by atoms with Crippen LogP contribution in [0.15, 0.2) is 30.5 Å². The van der Waals surface area contributed by atoms with Crippen LogP contribution < -0.4 is 5.46 Å². The Bertz CT molecular complexity index is 537. The van der Waals surface area contributed by atoms with Crippen LogP contribution in [0.1, 0.15) is 24.5 Å². The third-order valence-corrected chi connectivity index (χ3v) is 2.94. The second-order valence-electron chi connectivity index (χ2n) is 4.33. The van der Waals surface area contributed by atoms with Crippen molar-refractivity contribution in [2.45, 2.75) is 18.8 Å². The van der Waals surface area contributed by atoms with Crippen LogP contribution >= 0.6 is 0 Å². The van der Waals surface area contributed by atoms with Gasteiger partial charge in [0, 0.05) is 5.92 Å². The predicted molar refractivity (Wildman–Crippen MR) is 63.2 cm³/mol. The minimum atomic E-state index is -1.46. The molecule has 1 aromatic heterocycles. The molecule has 0 unspecified atom stereocenters. The predicted octanol–water partition coefficient (Wildman–Crippen LogP) is -0.176. The number of hydrogen-bond acceptors (Lipinski definition) is 4. The highest BCUT2D eigenvalue weighted by Crippen LogP contribution is 2.38. The molecule has 2 aromatic rings. The number of nitrogens with zero attached hydrogens (tertiary/aromatic N) is 3. The Morgan fingerprint density at radius 2 is 2.12 bits per heavy atom. The third-order valence-electron chi connectivity index (χ3n) is 2.94. The molecule has 1 heterocycles. The van der Waals surface area contributed by atoms with Gasteiger partial charge in [-0.2, -0.15) is 0 Å². The lowest BCUT2D eigenvalue weighted by Crippen LogP contribution is -2.29. The Kier molecular flexibility index (Phi) is 2.46. The number of aromatic nitrogens is 3. The molecule has 17 heavy (non-hydrogen) atoms. The molecule has 1 fully saturated rings. The van der Waals surface area contributed by atoms with E-state index in [9.17, 15) is 0 Å². The highest BCUT2D eigenvalue weighted by molar-refractivity contribution is 6.58. The summed E-state index contributed by atoms with van der Waals surface area (Å²) in [6.45, 7) is 0. The molecule has 86 valence electrons. The van der Waals surface area contributed by atoms with E-state index in [0.717, 1.165) is 11.4 Å². The van der Waals surface area contributed by atoms with Gasteiger partial charge in [0.15, 0.2) is 0 Å². The molecular formula is C11H12BN3O2. The van der Waals surface area contributed by atoms with Gasteiger partial charge in [-0.15, -0.1) is 5.10 Å². The highest BCUT2D eigenvalue weighted by Gasteiger charge is 2.26. The maximum absolute atomic E-state index is 9.11.